The van der Waals surface area contributed by atoms with Gasteiger partial charge in [0.2, 0.25) is 0 Å². The molecule has 0 heterocycles. The lowest BCUT2D eigenvalue weighted by Gasteiger charge is -2.20. The van der Waals surface area contributed by atoms with Gasteiger partial charge < -0.3 is 15.8 Å². The van der Waals surface area contributed by atoms with Gasteiger partial charge in [0.1, 0.15) is 5.60 Å². The van der Waals surface area contributed by atoms with Crippen LogP contribution in [-0.2, 0) is 4.74 Å². The Balaban J connectivity index is 2.18. The van der Waals surface area contributed by atoms with Gasteiger partial charge in [-0.1, -0.05) is 0 Å². The zero-order valence-corrected chi connectivity index (χ0v) is 10.6. The summed E-state index contributed by atoms with van der Waals surface area (Å²) in [6.45, 7) is 7.08. The molecule has 0 aromatic rings. The van der Waals surface area contributed by atoms with E-state index in [0.29, 0.717) is 18.4 Å². The van der Waals surface area contributed by atoms with Crippen molar-refractivity contribution in [3.8, 4) is 0 Å². The molecule has 94 valence electrons. The van der Waals surface area contributed by atoms with Crippen molar-refractivity contribution in [1.29, 1.82) is 0 Å². The Bertz CT molecular complexity index is 236. The monoisotopic (exact) mass is 228 g/mol. The van der Waals surface area contributed by atoms with Gasteiger partial charge in [0.05, 0.1) is 0 Å². The van der Waals surface area contributed by atoms with Gasteiger partial charge >= 0.3 is 6.09 Å². The number of hydrogen-bond donors (Lipinski definition) is 2. The highest BCUT2D eigenvalue weighted by Gasteiger charge is 2.24. The molecular formula is C12H24N2O2. The van der Waals surface area contributed by atoms with Crippen molar-refractivity contribution in [1.82, 2.24) is 5.32 Å². The van der Waals surface area contributed by atoms with Crippen molar-refractivity contribution in [2.45, 2.75) is 45.6 Å². The summed E-state index contributed by atoms with van der Waals surface area (Å²) >= 11 is 0. The fraction of sp³-hybridized carbons (Fsp3) is 0.917. The molecule has 1 aliphatic carbocycles. The van der Waals surface area contributed by atoms with E-state index in [2.05, 4.69) is 5.32 Å². The fourth-order valence-corrected chi connectivity index (χ4v) is 2.12. The van der Waals surface area contributed by atoms with Crippen LogP contribution in [-0.4, -0.2) is 24.8 Å². The fourth-order valence-electron chi connectivity index (χ4n) is 2.12. The van der Waals surface area contributed by atoms with E-state index in [1.54, 1.807) is 0 Å². The molecule has 4 heteroatoms. The number of nitrogens with two attached hydrogens (primary N) is 1. The molecule has 16 heavy (non-hydrogen) atoms. The minimum absolute atomic E-state index is 0.316. The Labute approximate surface area is 97.9 Å². The summed E-state index contributed by atoms with van der Waals surface area (Å²) in [7, 11) is 0. The van der Waals surface area contributed by atoms with Gasteiger partial charge in [0.25, 0.3) is 0 Å². The Hall–Kier alpha value is -0.770. The molecule has 1 rings (SSSR count). The van der Waals surface area contributed by atoms with Crippen molar-refractivity contribution in [3.05, 3.63) is 0 Å². The highest BCUT2D eigenvalue weighted by molar-refractivity contribution is 5.67. The van der Waals surface area contributed by atoms with Crippen molar-refractivity contribution < 1.29 is 9.53 Å². The SMILES string of the molecule is CC(C)(C)OC(=O)NCC1CCC(CN)C1. The van der Waals surface area contributed by atoms with Gasteiger partial charge in [0.15, 0.2) is 0 Å². The van der Waals surface area contributed by atoms with Gasteiger partial charge in [-0.25, -0.2) is 4.79 Å². The predicted octanol–water partition coefficient (Wildman–Crippen LogP) is 1.89. The lowest BCUT2D eigenvalue weighted by atomic mass is 10.1. The molecule has 1 aliphatic rings. The van der Waals surface area contributed by atoms with Gasteiger partial charge in [-0.05, 0) is 58.4 Å². The van der Waals surface area contributed by atoms with Crippen LogP contribution in [0.4, 0.5) is 4.79 Å². The van der Waals surface area contributed by atoms with Crippen molar-refractivity contribution in [3.63, 3.8) is 0 Å². The maximum atomic E-state index is 11.4. The molecule has 3 N–H and O–H groups in total. The van der Waals surface area contributed by atoms with Gasteiger partial charge in [0, 0.05) is 6.54 Å². The molecule has 0 aromatic heterocycles. The van der Waals surface area contributed by atoms with Crippen LogP contribution in [0.5, 0.6) is 0 Å². The number of ether oxygens (including phenoxy) is 1. The third-order valence-corrected chi connectivity index (χ3v) is 2.92. The number of carbonyl (C=O) groups excluding carboxylic acids is 1. The lowest BCUT2D eigenvalue weighted by Crippen LogP contribution is -2.35. The van der Waals surface area contributed by atoms with Crippen LogP contribution < -0.4 is 11.1 Å². The number of amides is 1. The number of rotatable bonds is 3. The molecule has 1 fully saturated rings. The number of carbonyl (C=O) groups is 1. The zero-order valence-electron chi connectivity index (χ0n) is 10.6. The quantitative estimate of drug-likeness (QED) is 0.775. The van der Waals surface area contributed by atoms with Gasteiger partial charge in [-0.2, -0.15) is 0 Å². The Morgan fingerprint density at radius 1 is 1.38 bits per heavy atom. The molecule has 4 nitrogen and oxygen atoms in total. The molecule has 0 aromatic carbocycles. The van der Waals surface area contributed by atoms with E-state index in [9.17, 15) is 4.79 Å². The molecule has 0 saturated heterocycles. The van der Waals surface area contributed by atoms with E-state index in [1.807, 2.05) is 20.8 Å². The van der Waals surface area contributed by atoms with E-state index in [4.69, 9.17) is 10.5 Å². The molecular weight excluding hydrogens is 204 g/mol. The smallest absolute Gasteiger partial charge is 0.407 e. The van der Waals surface area contributed by atoms with Crippen LogP contribution >= 0.6 is 0 Å². The van der Waals surface area contributed by atoms with Crippen LogP contribution in [0.15, 0.2) is 0 Å². The second kappa shape index (κ2) is 5.53. The van der Waals surface area contributed by atoms with Crippen LogP contribution in [0.25, 0.3) is 0 Å². The van der Waals surface area contributed by atoms with Crippen molar-refractivity contribution in [2.75, 3.05) is 13.1 Å². The summed E-state index contributed by atoms with van der Waals surface area (Å²) < 4.78 is 5.18. The van der Waals surface area contributed by atoms with Gasteiger partial charge in [-0.15, -0.1) is 0 Å². The van der Waals surface area contributed by atoms with Gasteiger partial charge in [-0.3, -0.25) is 0 Å². The van der Waals surface area contributed by atoms with Crippen molar-refractivity contribution >= 4 is 6.09 Å². The highest BCUT2D eigenvalue weighted by atomic mass is 16.6. The average molecular weight is 228 g/mol. The second-order valence-corrected chi connectivity index (χ2v) is 5.66. The second-order valence-electron chi connectivity index (χ2n) is 5.66. The molecule has 1 saturated carbocycles. The van der Waals surface area contributed by atoms with E-state index in [-0.39, 0.29) is 6.09 Å². The third kappa shape index (κ3) is 4.84. The molecule has 0 spiro atoms. The van der Waals surface area contributed by atoms with Crippen LogP contribution in [0.3, 0.4) is 0 Å². The Morgan fingerprint density at radius 3 is 2.50 bits per heavy atom. The van der Waals surface area contributed by atoms with E-state index in [1.165, 1.54) is 6.42 Å². The summed E-state index contributed by atoms with van der Waals surface area (Å²) in [5.41, 5.74) is 5.21. The molecule has 1 amide bonds. The topological polar surface area (TPSA) is 64.3 Å². The Kier molecular flexibility index (Phi) is 4.59. The normalized spacial score (nSPS) is 25.5. The molecule has 0 aliphatic heterocycles. The minimum Gasteiger partial charge on any atom is -0.444 e. The summed E-state index contributed by atoms with van der Waals surface area (Å²) in [5.74, 6) is 1.21. The van der Waals surface area contributed by atoms with E-state index >= 15 is 0 Å². The van der Waals surface area contributed by atoms with Crippen molar-refractivity contribution in [2.24, 2.45) is 17.6 Å². The van der Waals surface area contributed by atoms with Crippen LogP contribution in [0.2, 0.25) is 0 Å². The minimum atomic E-state index is -0.417. The molecule has 2 unspecified atom stereocenters. The highest BCUT2D eigenvalue weighted by Crippen LogP contribution is 2.29. The largest absolute Gasteiger partial charge is 0.444 e. The Morgan fingerprint density at radius 2 is 2.00 bits per heavy atom. The maximum absolute atomic E-state index is 11.4. The third-order valence-electron chi connectivity index (χ3n) is 2.92. The average Bonchev–Trinajstić information content (AvgIpc) is 2.59. The first-order valence-electron chi connectivity index (χ1n) is 6.07. The molecule has 0 bridgehead atoms. The van der Waals surface area contributed by atoms with E-state index in [0.717, 1.165) is 19.4 Å². The first-order valence-corrected chi connectivity index (χ1v) is 6.07. The number of nitrogens with one attached hydrogen (secondary N) is 1. The predicted molar refractivity (Wildman–Crippen MR) is 64.1 cm³/mol. The summed E-state index contributed by atoms with van der Waals surface area (Å²) in [6.07, 6.45) is 3.17. The standard InChI is InChI=1S/C12H24N2O2/c1-12(2,3)16-11(15)14-8-10-5-4-9(6-10)7-13/h9-10H,4-8,13H2,1-3H3,(H,14,15). The first kappa shape index (κ1) is 13.3. The lowest BCUT2D eigenvalue weighted by molar-refractivity contribution is 0.0519. The summed E-state index contributed by atoms with van der Waals surface area (Å²) in [5, 5.41) is 2.82. The molecule has 2 atom stereocenters. The molecule has 0 radical (unpaired) electrons. The summed E-state index contributed by atoms with van der Waals surface area (Å²) in [4.78, 5) is 11.4. The van der Waals surface area contributed by atoms with Crippen LogP contribution in [0.1, 0.15) is 40.0 Å². The maximum Gasteiger partial charge on any atom is 0.407 e. The first-order chi connectivity index (χ1) is 7.40. The number of hydrogen-bond acceptors (Lipinski definition) is 3. The van der Waals surface area contributed by atoms with E-state index < -0.39 is 5.60 Å². The summed E-state index contributed by atoms with van der Waals surface area (Å²) in [6, 6.07) is 0. The zero-order chi connectivity index (χ0) is 12.2. The number of alkyl carbamates (subject to hydrolysis) is 1. The van der Waals surface area contributed by atoms with Crippen LogP contribution in [0, 0.1) is 11.8 Å².